The molecule has 3 heterocycles. The largest absolute Gasteiger partial charge is 0.376 e. The van der Waals surface area contributed by atoms with Crippen LogP contribution in [0.5, 0.6) is 0 Å². The van der Waals surface area contributed by atoms with Gasteiger partial charge < -0.3 is 10.2 Å². The van der Waals surface area contributed by atoms with E-state index < -0.39 is 0 Å². The lowest BCUT2D eigenvalue weighted by molar-refractivity contribution is 0.0224. The minimum Gasteiger partial charge on any atom is -0.376 e. The van der Waals surface area contributed by atoms with E-state index in [0.717, 1.165) is 24.6 Å². The van der Waals surface area contributed by atoms with Crippen molar-refractivity contribution in [1.29, 1.82) is 0 Å². The molecule has 0 bridgehead atoms. The maximum atomic E-state index is 5.82. The Morgan fingerprint density at radius 2 is 2.15 bits per heavy atom. The quantitative estimate of drug-likeness (QED) is 0.869. The smallest absolute Gasteiger partial charge is 0.143 e. The van der Waals surface area contributed by atoms with Crippen LogP contribution in [0.1, 0.15) is 60.5 Å². The van der Waals surface area contributed by atoms with Crippen molar-refractivity contribution in [3.63, 3.8) is 0 Å². The van der Waals surface area contributed by atoms with Crippen LogP contribution in [0.3, 0.4) is 0 Å². The number of hydrazine groups is 1. The van der Waals surface area contributed by atoms with Gasteiger partial charge in [0.2, 0.25) is 0 Å². The number of fused-ring (bicyclic) bond motifs is 1. The number of benzene rings is 1. The Balaban J connectivity index is 1.57. The zero-order valence-corrected chi connectivity index (χ0v) is 16.1. The molecule has 1 saturated heterocycles. The molecule has 2 aliphatic heterocycles. The average Bonchev–Trinajstić information content (AvgIpc) is 2.72. The third-order valence-corrected chi connectivity index (χ3v) is 5.57. The van der Waals surface area contributed by atoms with Crippen LogP contribution in [0.4, 0.5) is 0 Å². The third kappa shape index (κ3) is 4.04. The first-order valence-corrected chi connectivity index (χ1v) is 9.92. The van der Waals surface area contributed by atoms with Crippen LogP contribution in [0.15, 0.2) is 47.6 Å². The fourth-order valence-corrected chi connectivity index (χ4v) is 3.98. The monoisotopic (exact) mass is 364 g/mol. The second kappa shape index (κ2) is 8.19. The van der Waals surface area contributed by atoms with Gasteiger partial charge in [-0.2, -0.15) is 0 Å². The highest BCUT2D eigenvalue weighted by Crippen LogP contribution is 2.34. The maximum Gasteiger partial charge on any atom is 0.143 e. The Labute approximate surface area is 161 Å². The lowest BCUT2D eigenvalue weighted by atomic mass is 9.85. The number of pyridine rings is 1. The number of rotatable bonds is 4. The number of nitrogens with zero attached hydrogens (tertiary/aromatic N) is 2. The van der Waals surface area contributed by atoms with Crippen molar-refractivity contribution < 1.29 is 4.74 Å². The molecule has 2 N–H and O–H groups in total. The standard InChI is InChI=1S/C22H28N4O/c1-15-13-17(10-11-23-15)16(2)21-19-8-3-4-9-20(19)22(26-25-21)24-14-18-7-5-6-12-27-18/h3-4,8-11,13,16,18,21,25H,5-7,12,14H2,1-2H3,(H,24,26). The second-order valence-electron chi connectivity index (χ2n) is 7.53. The zero-order chi connectivity index (χ0) is 18.6. The highest BCUT2D eigenvalue weighted by Gasteiger charge is 2.28. The van der Waals surface area contributed by atoms with Gasteiger partial charge in [0, 0.05) is 30.0 Å². The van der Waals surface area contributed by atoms with Crippen LogP contribution >= 0.6 is 0 Å². The molecular weight excluding hydrogens is 336 g/mol. The summed E-state index contributed by atoms with van der Waals surface area (Å²) in [7, 11) is 0. The highest BCUT2D eigenvalue weighted by atomic mass is 16.5. The predicted molar refractivity (Wildman–Crippen MR) is 108 cm³/mol. The number of ether oxygens (including phenoxy) is 1. The van der Waals surface area contributed by atoms with E-state index in [1.807, 2.05) is 13.1 Å². The molecular formula is C22H28N4O. The van der Waals surface area contributed by atoms with Crippen molar-refractivity contribution >= 4 is 5.84 Å². The topological polar surface area (TPSA) is 58.5 Å². The van der Waals surface area contributed by atoms with Crippen LogP contribution in [0.25, 0.3) is 0 Å². The molecule has 2 aromatic rings. The molecule has 3 atom stereocenters. The Bertz CT molecular complexity index is 813. The Morgan fingerprint density at radius 3 is 2.96 bits per heavy atom. The molecule has 0 saturated carbocycles. The van der Waals surface area contributed by atoms with Gasteiger partial charge >= 0.3 is 0 Å². The van der Waals surface area contributed by atoms with Gasteiger partial charge in [0.25, 0.3) is 0 Å². The zero-order valence-electron chi connectivity index (χ0n) is 16.1. The summed E-state index contributed by atoms with van der Waals surface area (Å²) in [6.07, 6.45) is 5.65. The summed E-state index contributed by atoms with van der Waals surface area (Å²) in [5, 5.41) is 0. The first kappa shape index (κ1) is 18.1. The lowest BCUT2D eigenvalue weighted by Gasteiger charge is -2.33. The van der Waals surface area contributed by atoms with E-state index in [1.165, 1.54) is 29.5 Å². The van der Waals surface area contributed by atoms with Crippen LogP contribution in [-0.2, 0) is 4.74 Å². The number of aliphatic imine (C=N–C) groups is 1. The first-order valence-electron chi connectivity index (χ1n) is 9.92. The van der Waals surface area contributed by atoms with Crippen LogP contribution in [0, 0.1) is 6.92 Å². The predicted octanol–water partition coefficient (Wildman–Crippen LogP) is 3.66. The van der Waals surface area contributed by atoms with Crippen molar-refractivity contribution in [1.82, 2.24) is 15.8 Å². The van der Waals surface area contributed by atoms with E-state index in [1.54, 1.807) is 0 Å². The molecule has 5 heteroatoms. The molecule has 1 aromatic heterocycles. The van der Waals surface area contributed by atoms with E-state index in [2.05, 4.69) is 59.2 Å². The molecule has 5 nitrogen and oxygen atoms in total. The first-order chi connectivity index (χ1) is 13.2. The van der Waals surface area contributed by atoms with Gasteiger partial charge in [0.1, 0.15) is 5.84 Å². The van der Waals surface area contributed by atoms with Gasteiger partial charge in [-0.15, -0.1) is 0 Å². The molecule has 2 aliphatic rings. The molecule has 1 aromatic carbocycles. The SMILES string of the molecule is Cc1cc(C(C)C2NNC(=NCC3CCCCO3)c3ccccc32)ccn1. The Kier molecular flexibility index (Phi) is 5.50. The summed E-state index contributed by atoms with van der Waals surface area (Å²) in [6.45, 7) is 5.86. The van der Waals surface area contributed by atoms with E-state index in [4.69, 9.17) is 9.73 Å². The van der Waals surface area contributed by atoms with Gasteiger partial charge in [0.05, 0.1) is 18.7 Å². The molecule has 0 aliphatic carbocycles. The number of aryl methyl sites for hydroxylation is 1. The van der Waals surface area contributed by atoms with Crippen molar-refractivity contribution in [2.24, 2.45) is 4.99 Å². The van der Waals surface area contributed by atoms with Gasteiger partial charge in [-0.3, -0.25) is 9.98 Å². The number of aromatic nitrogens is 1. The molecule has 27 heavy (non-hydrogen) atoms. The normalized spacial score (nSPS) is 24.9. The van der Waals surface area contributed by atoms with Crippen molar-refractivity contribution in [2.75, 3.05) is 13.2 Å². The van der Waals surface area contributed by atoms with Gasteiger partial charge in [-0.25, -0.2) is 5.43 Å². The number of hydrogen-bond donors (Lipinski definition) is 2. The molecule has 3 unspecified atom stereocenters. The van der Waals surface area contributed by atoms with Crippen LogP contribution in [0.2, 0.25) is 0 Å². The van der Waals surface area contributed by atoms with Gasteiger partial charge in [0.15, 0.2) is 0 Å². The molecule has 142 valence electrons. The van der Waals surface area contributed by atoms with Gasteiger partial charge in [-0.05, 0) is 49.4 Å². The number of amidine groups is 1. The van der Waals surface area contributed by atoms with Gasteiger partial charge in [-0.1, -0.05) is 31.2 Å². The fourth-order valence-electron chi connectivity index (χ4n) is 3.98. The molecule has 0 amide bonds. The lowest BCUT2D eigenvalue weighted by Crippen LogP contribution is -2.47. The van der Waals surface area contributed by atoms with Crippen LogP contribution < -0.4 is 10.9 Å². The van der Waals surface area contributed by atoms with Crippen LogP contribution in [-0.4, -0.2) is 30.1 Å². The van der Waals surface area contributed by atoms with Crippen molar-refractivity contribution in [3.05, 3.63) is 65.0 Å². The summed E-state index contributed by atoms with van der Waals surface area (Å²) >= 11 is 0. The molecule has 1 fully saturated rings. The summed E-state index contributed by atoms with van der Waals surface area (Å²) < 4.78 is 5.82. The maximum absolute atomic E-state index is 5.82. The van der Waals surface area contributed by atoms with E-state index >= 15 is 0 Å². The second-order valence-corrected chi connectivity index (χ2v) is 7.53. The summed E-state index contributed by atoms with van der Waals surface area (Å²) in [5.74, 6) is 1.22. The van der Waals surface area contributed by atoms with Crippen molar-refractivity contribution in [3.8, 4) is 0 Å². The Hall–Kier alpha value is -2.24. The minimum absolute atomic E-state index is 0.174. The Morgan fingerprint density at radius 1 is 1.26 bits per heavy atom. The minimum atomic E-state index is 0.174. The number of nitrogens with one attached hydrogen (secondary N) is 2. The summed E-state index contributed by atoms with van der Waals surface area (Å²) in [4.78, 5) is 9.16. The van der Waals surface area contributed by atoms with Crippen molar-refractivity contribution in [2.45, 2.75) is 51.2 Å². The van der Waals surface area contributed by atoms with E-state index in [9.17, 15) is 0 Å². The molecule has 0 radical (unpaired) electrons. The van der Waals surface area contributed by atoms with E-state index in [-0.39, 0.29) is 12.1 Å². The highest BCUT2D eigenvalue weighted by molar-refractivity contribution is 6.00. The summed E-state index contributed by atoms with van der Waals surface area (Å²) in [5.41, 5.74) is 11.6. The summed E-state index contributed by atoms with van der Waals surface area (Å²) in [6, 6.07) is 13.0. The molecule has 0 spiro atoms. The van der Waals surface area contributed by atoms with E-state index in [0.29, 0.717) is 12.5 Å². The molecule has 4 rings (SSSR count). The number of hydrogen-bond acceptors (Lipinski definition) is 4. The fraction of sp³-hybridized carbons (Fsp3) is 0.455. The third-order valence-electron chi connectivity index (χ3n) is 5.57. The average molecular weight is 364 g/mol.